The summed E-state index contributed by atoms with van der Waals surface area (Å²) in [7, 11) is 0. The summed E-state index contributed by atoms with van der Waals surface area (Å²) in [6.45, 7) is 7.17. The van der Waals surface area contributed by atoms with Crippen LogP contribution in [-0.4, -0.2) is 80.7 Å². The zero-order valence-corrected chi connectivity index (χ0v) is 46.3. The Morgan fingerprint density at radius 3 is 1.55 bits per heavy atom. The van der Waals surface area contributed by atoms with Gasteiger partial charge in [-0.2, -0.15) is 0 Å². The Kier molecular flexibility index (Phi) is 17.7. The SMILES string of the molecule is CCOC(=O)c1nc(N2CCc3cccc(C(=O)Cc4nc5ccccc5s4)c3C2)sc1CCCI.CCOC(=O)c1nc(N2CCc3cccc(C(=O)Cc4nc5ccccc5s4)c3C2)sc1CCCN=[N+]=[N-]. The number of hydrogen-bond donors (Lipinski definition) is 0. The molecule has 0 saturated carbocycles. The highest BCUT2D eigenvalue weighted by Crippen LogP contribution is 2.36. The van der Waals surface area contributed by atoms with Crippen molar-refractivity contribution in [3.8, 4) is 0 Å². The molecule has 0 N–H and O–H groups in total. The second kappa shape index (κ2) is 24.9. The van der Waals surface area contributed by atoms with E-state index in [1.54, 1.807) is 40.9 Å². The number of fused-ring (bicyclic) bond motifs is 4. The minimum absolute atomic E-state index is 0.0489. The van der Waals surface area contributed by atoms with Gasteiger partial charge in [0.25, 0.3) is 0 Å². The van der Waals surface area contributed by atoms with Gasteiger partial charge >= 0.3 is 11.9 Å². The third kappa shape index (κ3) is 12.3. The van der Waals surface area contributed by atoms with E-state index in [1.807, 2.05) is 79.7 Å². The quantitative estimate of drug-likeness (QED) is 0.0109. The number of azide groups is 1. The number of anilines is 2. The molecule has 74 heavy (non-hydrogen) atoms. The van der Waals surface area contributed by atoms with Gasteiger partial charge < -0.3 is 19.3 Å². The maximum Gasteiger partial charge on any atom is 0.358 e. The van der Waals surface area contributed by atoms with Crippen molar-refractivity contribution >= 4 is 122 Å². The lowest BCUT2D eigenvalue weighted by Gasteiger charge is -2.29. The van der Waals surface area contributed by atoms with Crippen LogP contribution in [0.1, 0.15) is 110 Å². The van der Waals surface area contributed by atoms with Crippen molar-refractivity contribution < 1.29 is 28.7 Å². The average molecular weight is 1180 g/mol. The van der Waals surface area contributed by atoms with Crippen molar-refractivity contribution in [1.82, 2.24) is 19.9 Å². The lowest BCUT2D eigenvalue weighted by Crippen LogP contribution is -2.31. The van der Waals surface area contributed by atoms with Crippen LogP contribution >= 0.6 is 67.9 Å². The van der Waals surface area contributed by atoms with Crippen molar-refractivity contribution in [3.05, 3.63) is 160 Å². The zero-order chi connectivity index (χ0) is 51.6. The van der Waals surface area contributed by atoms with E-state index >= 15 is 0 Å². The molecular formula is C54H52IN9O6S4. The van der Waals surface area contributed by atoms with E-state index in [0.717, 1.165) is 116 Å². The summed E-state index contributed by atoms with van der Waals surface area (Å²) < 4.78 is 13.7. The summed E-state index contributed by atoms with van der Waals surface area (Å²) in [4.78, 5) is 79.6. The van der Waals surface area contributed by atoms with E-state index in [0.29, 0.717) is 62.5 Å². The number of benzene rings is 4. The van der Waals surface area contributed by atoms with Crippen LogP contribution in [0.25, 0.3) is 30.9 Å². The van der Waals surface area contributed by atoms with Gasteiger partial charge in [0, 0.05) is 58.5 Å². The average Bonchev–Trinajstić information content (AvgIpc) is 4.24. The number of alkyl halides is 1. The fourth-order valence-corrected chi connectivity index (χ4v) is 13.6. The number of aryl methyl sites for hydroxylation is 2. The summed E-state index contributed by atoms with van der Waals surface area (Å²) in [6, 6.07) is 27.8. The topological polar surface area (TPSA) is 194 Å². The molecule has 0 amide bonds. The Labute approximate surface area is 457 Å². The molecule has 0 unspecified atom stereocenters. The minimum Gasteiger partial charge on any atom is -0.461 e. The molecule has 0 fully saturated rings. The van der Waals surface area contributed by atoms with Gasteiger partial charge in [0.05, 0.1) is 46.5 Å². The standard InChI is InChI=1S/C27H26IN3O3S2.C27H26N6O3S2/c1-2-34-26(33)25-23(11-6-13-28)36-27(30-25)31-14-12-17-7-5-8-18(19(17)16-31)21(32)15-24-29-20-9-3-4-10-22(20)35-24;1-2-36-26(35)25-23(11-6-13-29-32-28)38-27(31-25)33-14-12-17-7-5-8-18(19(17)16-33)21(34)15-24-30-20-9-3-4-10-22(20)37-24/h3-5,7-10H,2,6,11-16H2,1H3;3-5,7-10H,2,6,11-16H2,1H3. The predicted molar refractivity (Wildman–Crippen MR) is 303 cm³/mol. The second-order valence-corrected chi connectivity index (χ2v) is 22.8. The minimum atomic E-state index is -0.446. The second-order valence-electron chi connectivity index (χ2n) is 17.4. The van der Waals surface area contributed by atoms with Crippen LogP contribution in [0.3, 0.4) is 0 Å². The maximum atomic E-state index is 13.4. The number of halogens is 1. The van der Waals surface area contributed by atoms with Crippen LogP contribution in [0.15, 0.2) is 90.0 Å². The smallest absolute Gasteiger partial charge is 0.358 e. The monoisotopic (exact) mass is 1180 g/mol. The highest BCUT2D eigenvalue weighted by atomic mass is 127. The number of rotatable bonds is 19. The Bertz CT molecular complexity index is 3330. The molecule has 0 atom stereocenters. The van der Waals surface area contributed by atoms with E-state index in [2.05, 4.69) is 69.5 Å². The van der Waals surface area contributed by atoms with Gasteiger partial charge in [-0.3, -0.25) is 9.59 Å². The molecule has 6 heterocycles. The highest BCUT2D eigenvalue weighted by Gasteiger charge is 2.29. The van der Waals surface area contributed by atoms with Crippen molar-refractivity contribution in [1.29, 1.82) is 0 Å². The van der Waals surface area contributed by atoms with E-state index < -0.39 is 5.97 Å². The van der Waals surface area contributed by atoms with Gasteiger partial charge in [-0.15, -0.1) is 45.3 Å². The van der Waals surface area contributed by atoms with E-state index in [9.17, 15) is 19.2 Å². The normalized spacial score (nSPS) is 12.9. The summed E-state index contributed by atoms with van der Waals surface area (Å²) in [5.74, 6) is -0.667. The summed E-state index contributed by atoms with van der Waals surface area (Å²) in [5.41, 5.74) is 17.0. The van der Waals surface area contributed by atoms with Crippen LogP contribution in [0.2, 0.25) is 0 Å². The van der Waals surface area contributed by atoms with Gasteiger partial charge in [0.1, 0.15) is 10.0 Å². The summed E-state index contributed by atoms with van der Waals surface area (Å²) in [5, 5.41) is 6.79. The molecule has 0 radical (unpaired) electrons. The first kappa shape index (κ1) is 52.7. The molecule has 2 aliphatic rings. The largest absolute Gasteiger partial charge is 0.461 e. The van der Waals surface area contributed by atoms with Crippen LogP contribution in [0.5, 0.6) is 0 Å². The van der Waals surface area contributed by atoms with E-state index in [-0.39, 0.29) is 30.6 Å². The number of aromatic nitrogens is 4. The zero-order valence-electron chi connectivity index (χ0n) is 40.9. The van der Waals surface area contributed by atoms with Gasteiger partial charge in [-0.25, -0.2) is 29.5 Å². The number of hydrogen-bond acceptors (Lipinski definition) is 17. The van der Waals surface area contributed by atoms with Gasteiger partial charge in [-0.05, 0) is 109 Å². The first-order valence-electron chi connectivity index (χ1n) is 24.5. The van der Waals surface area contributed by atoms with Gasteiger partial charge in [0.2, 0.25) is 0 Å². The number of thiazole rings is 4. The van der Waals surface area contributed by atoms with E-state index in [4.69, 9.17) is 20.0 Å². The Balaban J connectivity index is 0.000000182. The lowest BCUT2D eigenvalue weighted by molar-refractivity contribution is 0.0509. The number of carbonyl (C=O) groups excluding carboxylic acids is 4. The predicted octanol–water partition coefficient (Wildman–Crippen LogP) is 12.4. The van der Waals surface area contributed by atoms with Crippen LogP contribution < -0.4 is 9.80 Å². The molecule has 20 heteroatoms. The third-order valence-corrected chi connectivity index (χ3v) is 17.7. The molecule has 0 aliphatic carbocycles. The molecule has 380 valence electrons. The summed E-state index contributed by atoms with van der Waals surface area (Å²) in [6.07, 6.45) is 5.14. The molecule has 0 spiro atoms. The number of esters is 2. The fraction of sp³-hybridized carbons (Fsp3) is 0.333. The molecule has 2 aliphatic heterocycles. The van der Waals surface area contributed by atoms with Crippen molar-refractivity contribution in [3.63, 3.8) is 0 Å². The molecule has 4 aromatic carbocycles. The lowest BCUT2D eigenvalue weighted by atomic mass is 9.92. The highest BCUT2D eigenvalue weighted by molar-refractivity contribution is 14.1. The number of carbonyl (C=O) groups is 4. The van der Waals surface area contributed by atoms with Crippen LogP contribution in [0.4, 0.5) is 10.3 Å². The Morgan fingerprint density at radius 2 is 1.11 bits per heavy atom. The number of nitrogens with zero attached hydrogens (tertiary/aromatic N) is 9. The van der Waals surface area contributed by atoms with Crippen LogP contribution in [-0.2, 0) is 61.1 Å². The fourth-order valence-electron chi connectivity index (χ4n) is 9.06. The Morgan fingerprint density at radius 1 is 0.635 bits per heavy atom. The van der Waals surface area contributed by atoms with E-state index in [1.165, 1.54) is 16.9 Å². The van der Waals surface area contributed by atoms with Gasteiger partial charge in [0.15, 0.2) is 33.2 Å². The molecule has 0 bridgehead atoms. The molecule has 8 aromatic rings. The molecule has 4 aromatic heterocycles. The summed E-state index contributed by atoms with van der Waals surface area (Å²) >= 11 is 8.52. The van der Waals surface area contributed by atoms with Crippen molar-refractivity contribution in [2.45, 2.75) is 78.3 Å². The molecule has 10 rings (SSSR count). The molecule has 0 saturated heterocycles. The Hall–Kier alpha value is -6.16. The first-order valence-corrected chi connectivity index (χ1v) is 29.3. The third-order valence-electron chi connectivity index (χ3n) is 12.6. The van der Waals surface area contributed by atoms with Crippen molar-refractivity contribution in [2.24, 2.45) is 5.11 Å². The number of Topliss-reactive ketones (excluding diaryl/α,β-unsaturated/α-hetero) is 2. The van der Waals surface area contributed by atoms with Crippen LogP contribution in [0, 0.1) is 0 Å². The van der Waals surface area contributed by atoms with Crippen molar-refractivity contribution in [2.75, 3.05) is 47.1 Å². The molecule has 15 nitrogen and oxygen atoms in total. The number of ketones is 2. The number of ether oxygens (including phenoxy) is 2. The van der Waals surface area contributed by atoms with Gasteiger partial charge in [-0.1, -0.05) is 88.4 Å². The number of para-hydroxylation sites is 2. The molecular weight excluding hydrogens is 1130 g/mol. The maximum absolute atomic E-state index is 13.4. The first-order chi connectivity index (χ1) is 36.1.